The second-order valence-electron chi connectivity index (χ2n) is 7.65. The van der Waals surface area contributed by atoms with Crippen LogP contribution in [0.5, 0.6) is 5.75 Å². The first-order valence-corrected chi connectivity index (χ1v) is 11.0. The minimum Gasteiger partial charge on any atom is -0.482 e. The standard InChI is InChI=1S/C24H30ClNO4.ClH/c1-2-29-24(28)16-30-22-11-10-17-6-3-4-9-21(13-19(17)14-22)26-15-23(27)18-7-5-8-20(25)12-18;/h5,7-8,10-12,14,21,23,26-27H,2-4,6,9,13,15-16H2,1H3;1H. The highest BCUT2D eigenvalue weighted by molar-refractivity contribution is 6.30. The predicted octanol–water partition coefficient (Wildman–Crippen LogP) is 4.66. The lowest BCUT2D eigenvalue weighted by atomic mass is 9.90. The van der Waals surface area contributed by atoms with Crippen LogP contribution in [0.2, 0.25) is 5.02 Å². The molecule has 5 nitrogen and oxygen atoms in total. The average Bonchev–Trinajstić information content (AvgIpc) is 2.72. The minimum absolute atomic E-state index is 0. The monoisotopic (exact) mass is 467 g/mol. The Balaban J connectivity index is 0.00000341. The number of carbonyl (C=O) groups excluding carboxylic acids is 1. The summed E-state index contributed by atoms with van der Waals surface area (Å²) in [5, 5.41) is 14.7. The van der Waals surface area contributed by atoms with Crippen molar-refractivity contribution in [1.82, 2.24) is 5.32 Å². The highest BCUT2D eigenvalue weighted by atomic mass is 35.5. The van der Waals surface area contributed by atoms with Gasteiger partial charge in [0.1, 0.15) is 5.75 Å². The molecule has 0 radical (unpaired) electrons. The second-order valence-corrected chi connectivity index (χ2v) is 8.09. The Morgan fingerprint density at radius 2 is 2.06 bits per heavy atom. The molecule has 1 aliphatic carbocycles. The van der Waals surface area contributed by atoms with E-state index in [9.17, 15) is 9.90 Å². The predicted molar refractivity (Wildman–Crippen MR) is 125 cm³/mol. The van der Waals surface area contributed by atoms with Crippen molar-refractivity contribution in [3.63, 3.8) is 0 Å². The molecule has 170 valence electrons. The van der Waals surface area contributed by atoms with Crippen molar-refractivity contribution in [2.75, 3.05) is 19.8 Å². The summed E-state index contributed by atoms with van der Waals surface area (Å²) < 4.78 is 10.5. The van der Waals surface area contributed by atoms with Crippen molar-refractivity contribution in [1.29, 1.82) is 0 Å². The number of benzene rings is 2. The zero-order valence-corrected chi connectivity index (χ0v) is 19.4. The normalized spacial score (nSPS) is 16.8. The first-order chi connectivity index (χ1) is 14.5. The first-order valence-electron chi connectivity index (χ1n) is 10.6. The van der Waals surface area contributed by atoms with Gasteiger partial charge in [-0.3, -0.25) is 0 Å². The summed E-state index contributed by atoms with van der Waals surface area (Å²) in [5.41, 5.74) is 3.36. The van der Waals surface area contributed by atoms with Gasteiger partial charge in [-0.1, -0.05) is 36.2 Å². The second kappa shape index (κ2) is 12.9. The van der Waals surface area contributed by atoms with Gasteiger partial charge in [0, 0.05) is 17.6 Å². The molecule has 0 aromatic heterocycles. The molecule has 0 saturated carbocycles. The summed E-state index contributed by atoms with van der Waals surface area (Å²) in [6, 6.07) is 13.7. The molecular formula is C24H31Cl2NO4. The third kappa shape index (κ3) is 8.00. The van der Waals surface area contributed by atoms with Crippen LogP contribution in [0.1, 0.15) is 49.0 Å². The summed E-state index contributed by atoms with van der Waals surface area (Å²) >= 11 is 6.04. The highest BCUT2D eigenvalue weighted by Gasteiger charge is 2.18. The average molecular weight is 468 g/mol. The first kappa shape index (κ1) is 25.5. The number of hydrogen-bond acceptors (Lipinski definition) is 5. The molecule has 2 atom stereocenters. The number of esters is 1. The van der Waals surface area contributed by atoms with E-state index in [1.54, 1.807) is 19.1 Å². The largest absolute Gasteiger partial charge is 0.482 e. The number of hydrogen-bond donors (Lipinski definition) is 2. The van der Waals surface area contributed by atoms with E-state index in [0.29, 0.717) is 23.9 Å². The Bertz CT molecular complexity index is 846. The van der Waals surface area contributed by atoms with E-state index in [4.69, 9.17) is 21.1 Å². The van der Waals surface area contributed by atoms with Crippen LogP contribution < -0.4 is 10.1 Å². The van der Waals surface area contributed by atoms with Gasteiger partial charge in [-0.05, 0) is 73.6 Å². The minimum atomic E-state index is -0.604. The van der Waals surface area contributed by atoms with E-state index >= 15 is 0 Å². The molecule has 0 saturated heterocycles. The van der Waals surface area contributed by atoms with Crippen molar-refractivity contribution in [2.45, 2.75) is 51.2 Å². The van der Waals surface area contributed by atoms with E-state index in [1.807, 2.05) is 24.3 Å². The zero-order valence-electron chi connectivity index (χ0n) is 17.8. The van der Waals surface area contributed by atoms with Gasteiger partial charge >= 0.3 is 5.97 Å². The number of fused-ring (bicyclic) bond motifs is 1. The molecule has 2 unspecified atom stereocenters. The van der Waals surface area contributed by atoms with Crippen molar-refractivity contribution in [3.05, 3.63) is 64.2 Å². The quantitative estimate of drug-likeness (QED) is 0.552. The van der Waals surface area contributed by atoms with Gasteiger partial charge < -0.3 is 19.9 Å². The smallest absolute Gasteiger partial charge is 0.344 e. The summed E-state index contributed by atoms with van der Waals surface area (Å²) in [6.45, 7) is 2.51. The fourth-order valence-electron chi connectivity index (χ4n) is 3.83. The molecule has 1 aliphatic rings. The van der Waals surface area contributed by atoms with E-state index in [-0.39, 0.29) is 31.0 Å². The fraction of sp³-hybridized carbons (Fsp3) is 0.458. The number of halogens is 2. The van der Waals surface area contributed by atoms with Crippen LogP contribution in [0.15, 0.2) is 42.5 Å². The fourth-order valence-corrected chi connectivity index (χ4v) is 4.03. The SMILES string of the molecule is CCOC(=O)COc1ccc2c(c1)CC(NCC(O)c1cccc(Cl)c1)CCCC2.Cl. The molecule has 31 heavy (non-hydrogen) atoms. The van der Waals surface area contributed by atoms with Gasteiger partial charge in [0.25, 0.3) is 0 Å². The van der Waals surface area contributed by atoms with E-state index in [2.05, 4.69) is 11.4 Å². The van der Waals surface area contributed by atoms with Gasteiger partial charge in [0.15, 0.2) is 6.61 Å². The lowest BCUT2D eigenvalue weighted by Gasteiger charge is -2.25. The Hall–Kier alpha value is -1.79. The van der Waals surface area contributed by atoms with Gasteiger partial charge in [0.2, 0.25) is 0 Å². The lowest BCUT2D eigenvalue weighted by molar-refractivity contribution is -0.145. The Kier molecular flexibility index (Phi) is 10.6. The van der Waals surface area contributed by atoms with E-state index < -0.39 is 6.10 Å². The van der Waals surface area contributed by atoms with Gasteiger partial charge in [-0.2, -0.15) is 0 Å². The summed E-state index contributed by atoms with van der Waals surface area (Å²) in [4.78, 5) is 11.6. The molecule has 2 aromatic carbocycles. The van der Waals surface area contributed by atoms with E-state index in [0.717, 1.165) is 37.7 Å². The maximum Gasteiger partial charge on any atom is 0.344 e. The van der Waals surface area contributed by atoms with Crippen LogP contribution >= 0.6 is 24.0 Å². The Labute approximate surface area is 195 Å². The molecule has 7 heteroatoms. The summed E-state index contributed by atoms with van der Waals surface area (Å²) in [6.07, 6.45) is 4.62. The molecule has 2 N–H and O–H groups in total. The summed E-state index contributed by atoms with van der Waals surface area (Å²) in [7, 11) is 0. The maximum atomic E-state index is 11.6. The Morgan fingerprint density at radius 3 is 2.84 bits per heavy atom. The number of nitrogens with one attached hydrogen (secondary N) is 1. The molecule has 0 fully saturated rings. The highest BCUT2D eigenvalue weighted by Crippen LogP contribution is 2.25. The number of rotatable bonds is 8. The van der Waals surface area contributed by atoms with Crippen LogP contribution in [0.25, 0.3) is 0 Å². The molecule has 0 amide bonds. The molecule has 2 aromatic rings. The molecular weight excluding hydrogens is 437 g/mol. The zero-order chi connectivity index (χ0) is 21.3. The molecule has 0 heterocycles. The number of carbonyl (C=O) groups is 1. The molecule has 0 aliphatic heterocycles. The maximum absolute atomic E-state index is 11.6. The van der Waals surface area contributed by atoms with Gasteiger partial charge in [0.05, 0.1) is 12.7 Å². The van der Waals surface area contributed by atoms with Crippen molar-refractivity contribution in [2.24, 2.45) is 0 Å². The van der Waals surface area contributed by atoms with Crippen LogP contribution in [-0.4, -0.2) is 36.9 Å². The lowest BCUT2D eigenvalue weighted by Crippen LogP contribution is -2.35. The van der Waals surface area contributed by atoms with E-state index in [1.165, 1.54) is 11.1 Å². The van der Waals surface area contributed by atoms with Gasteiger partial charge in [-0.25, -0.2) is 4.79 Å². The number of aliphatic hydroxyl groups excluding tert-OH is 1. The van der Waals surface area contributed by atoms with Crippen molar-refractivity contribution >= 4 is 30.0 Å². The van der Waals surface area contributed by atoms with Crippen LogP contribution in [0, 0.1) is 0 Å². The molecule has 0 bridgehead atoms. The number of aryl methyl sites for hydroxylation is 1. The summed E-state index contributed by atoms with van der Waals surface area (Å²) in [5.74, 6) is 0.318. The van der Waals surface area contributed by atoms with Crippen molar-refractivity contribution < 1.29 is 19.4 Å². The van der Waals surface area contributed by atoms with Crippen LogP contribution in [0.3, 0.4) is 0 Å². The third-order valence-electron chi connectivity index (χ3n) is 5.39. The Morgan fingerprint density at radius 1 is 1.23 bits per heavy atom. The van der Waals surface area contributed by atoms with Crippen LogP contribution in [-0.2, 0) is 22.4 Å². The van der Waals surface area contributed by atoms with Crippen molar-refractivity contribution in [3.8, 4) is 5.75 Å². The number of aliphatic hydroxyl groups is 1. The third-order valence-corrected chi connectivity index (χ3v) is 5.62. The number of ether oxygens (including phenoxy) is 2. The van der Waals surface area contributed by atoms with Gasteiger partial charge in [-0.15, -0.1) is 12.4 Å². The molecule has 3 rings (SSSR count). The van der Waals surface area contributed by atoms with Crippen LogP contribution in [0.4, 0.5) is 0 Å². The topological polar surface area (TPSA) is 67.8 Å². The molecule has 0 spiro atoms.